The van der Waals surface area contributed by atoms with Gasteiger partial charge in [-0.15, -0.1) is 0 Å². The van der Waals surface area contributed by atoms with Crippen molar-refractivity contribution in [3.05, 3.63) is 53.3 Å². The standard InChI is InChI=1S/C19H26N4O.C2HF3O2/c1-14-5-7-16(8-6-14)19(24)23-10-9-17(21(2)3)18(23)11-15-12-20-22(4)13-15;3-2(4,5)1(6)7/h5-8,12-13,17-18H,9-11H2,1-4H3;(H,6,7)/t17-,18+;/m1./s1. The van der Waals surface area contributed by atoms with Crippen molar-refractivity contribution in [2.24, 2.45) is 7.05 Å². The Kier molecular flexibility index (Phi) is 7.83. The lowest BCUT2D eigenvalue weighted by molar-refractivity contribution is -0.192. The molecule has 2 atom stereocenters. The van der Waals surface area contributed by atoms with Crippen LogP contribution in [-0.4, -0.2) is 75.5 Å². The topological polar surface area (TPSA) is 78.7 Å². The lowest BCUT2D eigenvalue weighted by atomic mass is 10.0. The van der Waals surface area contributed by atoms with Crippen molar-refractivity contribution in [2.45, 2.75) is 38.0 Å². The predicted molar refractivity (Wildman–Crippen MR) is 109 cm³/mol. The first-order chi connectivity index (χ1) is 14.4. The third-order valence-electron chi connectivity index (χ3n) is 5.18. The fourth-order valence-corrected chi connectivity index (χ4v) is 3.62. The van der Waals surface area contributed by atoms with Gasteiger partial charge in [-0.25, -0.2) is 4.79 Å². The number of hydrogen-bond donors (Lipinski definition) is 1. The van der Waals surface area contributed by atoms with Crippen LogP contribution in [0.2, 0.25) is 0 Å². The quantitative estimate of drug-likeness (QED) is 0.791. The van der Waals surface area contributed by atoms with Crippen LogP contribution in [0.1, 0.15) is 27.9 Å². The van der Waals surface area contributed by atoms with E-state index in [-0.39, 0.29) is 11.9 Å². The van der Waals surface area contributed by atoms with Crippen LogP contribution in [-0.2, 0) is 18.3 Å². The van der Waals surface area contributed by atoms with Crippen molar-refractivity contribution in [3.63, 3.8) is 0 Å². The first-order valence-electron chi connectivity index (χ1n) is 9.72. The zero-order chi connectivity index (χ0) is 23.3. The number of carboxylic acids is 1. The average molecular weight is 440 g/mol. The molecule has 170 valence electrons. The number of likely N-dealkylation sites (N-methyl/N-ethyl adjacent to an activating group) is 1. The van der Waals surface area contributed by atoms with Crippen molar-refractivity contribution >= 4 is 11.9 Å². The Morgan fingerprint density at radius 3 is 2.26 bits per heavy atom. The highest BCUT2D eigenvalue weighted by molar-refractivity contribution is 5.94. The highest BCUT2D eigenvalue weighted by Crippen LogP contribution is 2.26. The van der Waals surface area contributed by atoms with Gasteiger partial charge in [0, 0.05) is 31.4 Å². The lowest BCUT2D eigenvalue weighted by Crippen LogP contribution is -2.45. The van der Waals surface area contributed by atoms with Crippen molar-refractivity contribution in [1.82, 2.24) is 19.6 Å². The molecule has 0 radical (unpaired) electrons. The maximum absolute atomic E-state index is 13.0. The fourth-order valence-electron chi connectivity index (χ4n) is 3.62. The molecular formula is C21H27F3N4O3. The molecule has 1 aliphatic heterocycles. The number of carboxylic acid groups (broad SMARTS) is 1. The van der Waals surface area contributed by atoms with Gasteiger partial charge in [-0.05, 0) is 51.6 Å². The van der Waals surface area contributed by atoms with E-state index in [1.54, 1.807) is 0 Å². The maximum atomic E-state index is 13.0. The second kappa shape index (κ2) is 9.95. The van der Waals surface area contributed by atoms with Crippen LogP contribution in [0, 0.1) is 6.92 Å². The summed E-state index contributed by atoms with van der Waals surface area (Å²) in [6.45, 7) is 2.85. The molecule has 7 nitrogen and oxygen atoms in total. The summed E-state index contributed by atoms with van der Waals surface area (Å²) in [4.78, 5) is 26.2. The molecule has 1 N–H and O–H groups in total. The first kappa shape index (κ1) is 24.4. The number of amides is 1. The van der Waals surface area contributed by atoms with Gasteiger partial charge < -0.3 is 14.9 Å². The summed E-state index contributed by atoms with van der Waals surface area (Å²) in [6, 6.07) is 8.42. The summed E-state index contributed by atoms with van der Waals surface area (Å²) in [5, 5.41) is 11.4. The van der Waals surface area contributed by atoms with E-state index in [2.05, 4.69) is 24.1 Å². The van der Waals surface area contributed by atoms with Gasteiger partial charge in [-0.2, -0.15) is 18.3 Å². The Labute approximate surface area is 179 Å². The third-order valence-corrected chi connectivity index (χ3v) is 5.18. The Balaban J connectivity index is 0.000000423. The molecule has 0 saturated carbocycles. The number of likely N-dealkylation sites (tertiary alicyclic amines) is 1. The van der Waals surface area contributed by atoms with E-state index in [0.717, 1.165) is 24.9 Å². The lowest BCUT2D eigenvalue weighted by Gasteiger charge is -2.31. The van der Waals surface area contributed by atoms with Gasteiger partial charge in [-0.1, -0.05) is 17.7 Å². The van der Waals surface area contributed by atoms with Gasteiger partial charge in [0.25, 0.3) is 5.91 Å². The largest absolute Gasteiger partial charge is 0.490 e. The van der Waals surface area contributed by atoms with E-state index in [1.807, 2.05) is 60.2 Å². The molecule has 1 aromatic carbocycles. The van der Waals surface area contributed by atoms with Gasteiger partial charge in [0.15, 0.2) is 0 Å². The Hall–Kier alpha value is -2.88. The first-order valence-corrected chi connectivity index (χ1v) is 9.72. The number of aromatic nitrogens is 2. The Morgan fingerprint density at radius 2 is 1.81 bits per heavy atom. The van der Waals surface area contributed by atoms with Crippen molar-refractivity contribution in [3.8, 4) is 0 Å². The van der Waals surface area contributed by atoms with Gasteiger partial charge >= 0.3 is 12.1 Å². The van der Waals surface area contributed by atoms with E-state index in [1.165, 1.54) is 11.1 Å². The molecule has 3 rings (SSSR count). The number of aryl methyl sites for hydroxylation is 2. The van der Waals surface area contributed by atoms with Crippen LogP contribution in [0.25, 0.3) is 0 Å². The maximum Gasteiger partial charge on any atom is 0.490 e. The molecule has 1 aliphatic rings. The number of carbonyl (C=O) groups is 2. The molecule has 1 fully saturated rings. The fraction of sp³-hybridized carbons (Fsp3) is 0.476. The minimum absolute atomic E-state index is 0.133. The zero-order valence-corrected chi connectivity index (χ0v) is 17.9. The molecule has 0 aliphatic carbocycles. The molecule has 10 heteroatoms. The zero-order valence-electron chi connectivity index (χ0n) is 17.9. The summed E-state index contributed by atoms with van der Waals surface area (Å²) >= 11 is 0. The van der Waals surface area contributed by atoms with E-state index < -0.39 is 12.1 Å². The molecule has 0 spiro atoms. The number of hydrogen-bond acceptors (Lipinski definition) is 4. The monoisotopic (exact) mass is 440 g/mol. The number of benzene rings is 1. The number of rotatable bonds is 4. The van der Waals surface area contributed by atoms with E-state index in [9.17, 15) is 18.0 Å². The van der Waals surface area contributed by atoms with Crippen molar-refractivity contribution < 1.29 is 27.9 Å². The van der Waals surface area contributed by atoms with Gasteiger partial charge in [0.1, 0.15) is 0 Å². The van der Waals surface area contributed by atoms with Gasteiger partial charge in [0.2, 0.25) is 0 Å². The molecule has 1 amide bonds. The van der Waals surface area contributed by atoms with Crippen LogP contribution >= 0.6 is 0 Å². The number of alkyl halides is 3. The smallest absolute Gasteiger partial charge is 0.475 e. The average Bonchev–Trinajstić information content (AvgIpc) is 3.28. The van der Waals surface area contributed by atoms with E-state index >= 15 is 0 Å². The van der Waals surface area contributed by atoms with E-state index in [4.69, 9.17) is 9.90 Å². The predicted octanol–water partition coefficient (Wildman–Crippen LogP) is 2.75. The van der Waals surface area contributed by atoms with Crippen molar-refractivity contribution in [1.29, 1.82) is 0 Å². The molecule has 31 heavy (non-hydrogen) atoms. The van der Waals surface area contributed by atoms with Crippen LogP contribution in [0.4, 0.5) is 13.2 Å². The van der Waals surface area contributed by atoms with Gasteiger partial charge in [-0.3, -0.25) is 9.48 Å². The SMILES string of the molecule is Cc1ccc(C(=O)N2CC[C@@H](N(C)C)[C@@H]2Cc2cnn(C)c2)cc1.O=C(O)C(F)(F)F. The van der Waals surface area contributed by atoms with E-state index in [0.29, 0.717) is 6.04 Å². The number of carbonyl (C=O) groups excluding carboxylic acids is 1. The highest BCUT2D eigenvalue weighted by atomic mass is 19.4. The summed E-state index contributed by atoms with van der Waals surface area (Å²) in [7, 11) is 6.12. The molecule has 1 saturated heterocycles. The summed E-state index contributed by atoms with van der Waals surface area (Å²) in [5.74, 6) is -2.62. The minimum Gasteiger partial charge on any atom is -0.475 e. The third kappa shape index (κ3) is 6.55. The molecule has 2 heterocycles. The van der Waals surface area contributed by atoms with Crippen LogP contribution in [0.3, 0.4) is 0 Å². The molecule has 0 bridgehead atoms. The summed E-state index contributed by atoms with van der Waals surface area (Å²) < 4.78 is 33.6. The summed E-state index contributed by atoms with van der Waals surface area (Å²) in [6.07, 6.45) is 0.711. The Bertz CT molecular complexity index is 894. The Morgan fingerprint density at radius 1 is 1.23 bits per heavy atom. The normalized spacial score (nSPS) is 18.6. The van der Waals surface area contributed by atoms with Crippen LogP contribution < -0.4 is 0 Å². The van der Waals surface area contributed by atoms with Crippen LogP contribution in [0.5, 0.6) is 0 Å². The second-order valence-corrected chi connectivity index (χ2v) is 7.78. The number of halogens is 3. The molecule has 1 aromatic heterocycles. The minimum atomic E-state index is -5.08. The van der Waals surface area contributed by atoms with Gasteiger partial charge in [0.05, 0.1) is 12.2 Å². The second-order valence-electron chi connectivity index (χ2n) is 7.78. The molecular weight excluding hydrogens is 413 g/mol. The summed E-state index contributed by atoms with van der Waals surface area (Å²) in [5.41, 5.74) is 3.13. The number of aliphatic carboxylic acids is 1. The highest BCUT2D eigenvalue weighted by Gasteiger charge is 2.39. The number of nitrogens with zero attached hydrogens (tertiary/aromatic N) is 4. The van der Waals surface area contributed by atoms with Crippen LogP contribution in [0.15, 0.2) is 36.7 Å². The molecule has 2 aromatic rings. The molecule has 0 unspecified atom stereocenters. The van der Waals surface area contributed by atoms with Crippen molar-refractivity contribution in [2.75, 3.05) is 20.6 Å².